The van der Waals surface area contributed by atoms with Gasteiger partial charge in [0.25, 0.3) is 0 Å². The molecule has 2 fully saturated rings. The van der Waals surface area contributed by atoms with Crippen molar-refractivity contribution in [3.05, 3.63) is 65.9 Å². The molecule has 3 aromatic heterocycles. The first-order valence-electron chi connectivity index (χ1n) is 15.0. The van der Waals surface area contributed by atoms with Crippen LogP contribution in [0.5, 0.6) is 11.8 Å². The number of rotatable bonds is 9. The molecule has 12 nitrogen and oxygen atoms in total. The second-order valence-electron chi connectivity index (χ2n) is 11.3. The minimum Gasteiger partial charge on any atom is -0.497 e. The van der Waals surface area contributed by atoms with Crippen LogP contribution in [0.25, 0.3) is 11.4 Å². The number of sulfonamides is 1. The van der Waals surface area contributed by atoms with E-state index < -0.39 is 10.0 Å². The van der Waals surface area contributed by atoms with Gasteiger partial charge in [0.15, 0.2) is 0 Å². The van der Waals surface area contributed by atoms with Gasteiger partial charge in [0.05, 0.1) is 18.0 Å². The molecule has 0 N–H and O–H groups in total. The summed E-state index contributed by atoms with van der Waals surface area (Å²) in [6, 6.07) is 9.04. The number of pyridine rings is 1. The van der Waals surface area contributed by atoms with Crippen LogP contribution >= 0.6 is 0 Å². The molecule has 232 valence electrons. The summed E-state index contributed by atoms with van der Waals surface area (Å²) in [5, 5.41) is 4.15. The van der Waals surface area contributed by atoms with Crippen LogP contribution in [0.2, 0.25) is 0 Å². The number of nitrogens with zero attached hydrogens (tertiary/aromatic N) is 7. The molecule has 5 heterocycles. The lowest BCUT2D eigenvalue weighted by atomic mass is 9.97. The van der Waals surface area contributed by atoms with Crippen molar-refractivity contribution in [1.29, 1.82) is 0 Å². The molecule has 1 aromatic carbocycles. The van der Waals surface area contributed by atoms with Crippen molar-refractivity contribution in [2.45, 2.75) is 62.8 Å². The van der Waals surface area contributed by atoms with Crippen LogP contribution in [0.3, 0.4) is 0 Å². The number of ether oxygens (including phenoxy) is 2. The third-order valence-corrected chi connectivity index (χ3v) is 10.6. The summed E-state index contributed by atoms with van der Waals surface area (Å²) in [5.74, 6) is 2.80. The number of hydrogen-bond donors (Lipinski definition) is 0. The van der Waals surface area contributed by atoms with E-state index in [0.717, 1.165) is 50.2 Å². The van der Waals surface area contributed by atoms with E-state index >= 15 is 0 Å². The molecule has 2 saturated heterocycles. The molecule has 0 bridgehead atoms. The first-order chi connectivity index (χ1) is 21.3. The second kappa shape index (κ2) is 12.9. The summed E-state index contributed by atoms with van der Waals surface area (Å²) in [4.78, 5) is 20.2. The average Bonchev–Trinajstić information content (AvgIpc) is 3.55. The van der Waals surface area contributed by atoms with Crippen molar-refractivity contribution >= 4 is 15.8 Å². The molecule has 13 heteroatoms. The number of piperidine rings is 2. The maximum absolute atomic E-state index is 13.9. The summed E-state index contributed by atoms with van der Waals surface area (Å²) in [6.07, 6.45) is 9.23. The van der Waals surface area contributed by atoms with E-state index in [1.54, 1.807) is 42.1 Å². The van der Waals surface area contributed by atoms with Crippen LogP contribution in [-0.4, -0.2) is 77.2 Å². The molecule has 2 aliphatic rings. The third-order valence-electron chi connectivity index (χ3n) is 8.38. The van der Waals surface area contributed by atoms with E-state index in [2.05, 4.69) is 30.0 Å². The highest BCUT2D eigenvalue weighted by Crippen LogP contribution is 2.33. The molecular formula is C31H37N7O5S. The van der Waals surface area contributed by atoms with Crippen molar-refractivity contribution in [3.63, 3.8) is 0 Å². The minimum absolute atomic E-state index is 0.170. The summed E-state index contributed by atoms with van der Waals surface area (Å²) in [5.41, 5.74) is 2.21. The van der Waals surface area contributed by atoms with E-state index in [0.29, 0.717) is 46.5 Å². The lowest BCUT2D eigenvalue weighted by Crippen LogP contribution is -2.47. The standard InChI is InChI=1S/C31H37N7O5S/c1-21-18-26(41-3)19-22(2)28(21)44(39,40)38-15-5-4-6-25(38)20-42-31-33-14-9-27(34-31)37-16-10-24(11-17-37)30-35-29(36-43-30)23-7-12-32-13-8-23/h7-9,12-14,18-19,24-25H,4-6,10-11,15-17,20H2,1-3H3. The lowest BCUT2D eigenvalue weighted by Gasteiger charge is -2.35. The van der Waals surface area contributed by atoms with Crippen molar-refractivity contribution in [3.8, 4) is 23.1 Å². The number of hydrogen-bond acceptors (Lipinski definition) is 11. The third kappa shape index (κ3) is 6.25. The van der Waals surface area contributed by atoms with Gasteiger partial charge in [-0.3, -0.25) is 4.98 Å². The Morgan fingerprint density at radius 1 is 0.955 bits per heavy atom. The molecular weight excluding hydrogens is 582 g/mol. The van der Waals surface area contributed by atoms with E-state index in [9.17, 15) is 8.42 Å². The highest BCUT2D eigenvalue weighted by molar-refractivity contribution is 7.89. The van der Waals surface area contributed by atoms with Crippen molar-refractivity contribution in [2.75, 3.05) is 38.3 Å². The summed E-state index contributed by atoms with van der Waals surface area (Å²) >= 11 is 0. The second-order valence-corrected chi connectivity index (χ2v) is 13.1. The van der Waals surface area contributed by atoms with Gasteiger partial charge in [0.1, 0.15) is 18.2 Å². The number of aromatic nitrogens is 5. The van der Waals surface area contributed by atoms with E-state index in [1.165, 1.54) is 0 Å². The van der Waals surface area contributed by atoms with Crippen molar-refractivity contribution in [1.82, 2.24) is 29.4 Å². The summed E-state index contributed by atoms with van der Waals surface area (Å²) in [7, 11) is -2.16. The summed E-state index contributed by atoms with van der Waals surface area (Å²) < 4.78 is 46.4. The van der Waals surface area contributed by atoms with Crippen LogP contribution in [0.15, 0.2) is 58.3 Å². The largest absolute Gasteiger partial charge is 0.497 e. The van der Waals surface area contributed by atoms with Crippen molar-refractivity contribution < 1.29 is 22.4 Å². The number of anilines is 1. The van der Waals surface area contributed by atoms with Crippen LogP contribution in [0.4, 0.5) is 5.82 Å². The zero-order valence-corrected chi connectivity index (χ0v) is 26.0. The molecule has 0 saturated carbocycles. The molecule has 6 rings (SSSR count). The van der Waals surface area contributed by atoms with Gasteiger partial charge in [-0.15, -0.1) is 0 Å². The number of benzene rings is 1. The highest BCUT2D eigenvalue weighted by atomic mass is 32.2. The molecule has 2 aliphatic heterocycles. The molecule has 0 aliphatic carbocycles. The van der Waals surface area contributed by atoms with Gasteiger partial charge in [-0.2, -0.15) is 14.3 Å². The fourth-order valence-electron chi connectivity index (χ4n) is 6.13. The predicted octanol–water partition coefficient (Wildman–Crippen LogP) is 4.55. The highest BCUT2D eigenvalue weighted by Gasteiger charge is 2.36. The quantitative estimate of drug-likeness (QED) is 0.261. The van der Waals surface area contributed by atoms with Gasteiger partial charge in [-0.25, -0.2) is 13.4 Å². The summed E-state index contributed by atoms with van der Waals surface area (Å²) in [6.45, 7) is 5.77. The van der Waals surface area contributed by atoms with Gasteiger partial charge in [-0.1, -0.05) is 11.6 Å². The SMILES string of the molecule is COc1cc(C)c(S(=O)(=O)N2CCCCC2COc2nccc(N3CCC(c4nc(-c5ccncc5)no4)CC3)n2)c(C)c1. The van der Waals surface area contributed by atoms with Crippen LogP contribution in [0, 0.1) is 13.8 Å². The van der Waals surface area contributed by atoms with Crippen molar-refractivity contribution in [2.24, 2.45) is 0 Å². The van der Waals surface area contributed by atoms with Crippen LogP contribution in [0.1, 0.15) is 55.0 Å². The Kier molecular flexibility index (Phi) is 8.76. The topological polar surface area (TPSA) is 137 Å². The zero-order chi connectivity index (χ0) is 30.7. The maximum atomic E-state index is 13.9. The van der Waals surface area contributed by atoms with Gasteiger partial charge < -0.3 is 18.9 Å². The Bertz CT molecular complexity index is 1670. The Morgan fingerprint density at radius 3 is 2.43 bits per heavy atom. The molecule has 0 radical (unpaired) electrons. The Labute approximate surface area is 257 Å². The number of methoxy groups -OCH3 is 1. The molecule has 0 amide bonds. The monoisotopic (exact) mass is 619 g/mol. The minimum atomic E-state index is -3.74. The van der Waals surface area contributed by atoms with Crippen LogP contribution in [-0.2, 0) is 10.0 Å². The Morgan fingerprint density at radius 2 is 1.70 bits per heavy atom. The first kappa shape index (κ1) is 29.9. The normalized spacial score (nSPS) is 18.3. The lowest BCUT2D eigenvalue weighted by molar-refractivity contribution is 0.161. The molecule has 4 aromatic rings. The van der Waals surface area contributed by atoms with Gasteiger partial charge in [0, 0.05) is 49.7 Å². The average molecular weight is 620 g/mol. The smallest absolute Gasteiger partial charge is 0.318 e. The first-order valence-corrected chi connectivity index (χ1v) is 16.4. The van der Waals surface area contributed by atoms with E-state index in [1.807, 2.05) is 32.0 Å². The van der Waals surface area contributed by atoms with E-state index in [4.69, 9.17) is 14.0 Å². The fourth-order valence-corrected chi connectivity index (χ4v) is 8.23. The molecule has 1 atom stereocenters. The fraction of sp³-hybridized carbons (Fsp3) is 0.452. The number of aryl methyl sites for hydroxylation is 2. The molecule has 44 heavy (non-hydrogen) atoms. The van der Waals surface area contributed by atoms with Gasteiger partial charge in [0.2, 0.25) is 21.7 Å². The molecule has 1 unspecified atom stereocenters. The van der Waals surface area contributed by atoms with Crippen LogP contribution < -0.4 is 14.4 Å². The zero-order valence-electron chi connectivity index (χ0n) is 25.2. The molecule has 0 spiro atoms. The predicted molar refractivity (Wildman–Crippen MR) is 163 cm³/mol. The Hall–Kier alpha value is -4.10. The van der Waals surface area contributed by atoms with Gasteiger partial charge in [-0.05, 0) is 81.0 Å². The van der Waals surface area contributed by atoms with Gasteiger partial charge >= 0.3 is 6.01 Å². The maximum Gasteiger partial charge on any atom is 0.318 e. The Balaban J connectivity index is 1.09. The van der Waals surface area contributed by atoms with E-state index in [-0.39, 0.29) is 24.6 Å².